The van der Waals surface area contributed by atoms with Crippen LogP contribution in [0, 0.1) is 5.92 Å². The minimum atomic E-state index is -0.634. The number of nitrogens with two attached hydrogens (primary N) is 1. The molecule has 0 amide bonds. The number of rotatable bonds is 0. The highest BCUT2D eigenvalue weighted by molar-refractivity contribution is 4.82. The molecule has 1 nitrogen and oxygen atoms in total. The first kappa shape index (κ1) is 6.02. The lowest BCUT2D eigenvalue weighted by atomic mass is 10.1. The van der Waals surface area contributed by atoms with Gasteiger partial charge in [-0.2, -0.15) is 0 Å². The number of hydrogen-bond acceptors (Lipinski definition) is 1. The molecule has 1 saturated carbocycles. The largest absolute Gasteiger partial charge is 0.328 e. The summed E-state index contributed by atoms with van der Waals surface area (Å²) in [6.07, 6.45) is 0.799. The van der Waals surface area contributed by atoms with Crippen molar-refractivity contribution in [3.63, 3.8) is 0 Å². The molecule has 1 aliphatic carbocycles. The second kappa shape index (κ2) is 2.02. The maximum Gasteiger partial charge on any atom is 0.104 e. The van der Waals surface area contributed by atoms with Crippen molar-refractivity contribution in [2.24, 2.45) is 11.7 Å². The van der Waals surface area contributed by atoms with Crippen LogP contribution >= 0.6 is 0 Å². The van der Waals surface area contributed by atoms with E-state index in [1.807, 2.05) is 6.92 Å². The predicted octanol–water partition coefficient (Wildman–Crippen LogP) is 1.08. The Labute approximate surface area is 49.1 Å². The van der Waals surface area contributed by atoms with Crippen LogP contribution in [-0.4, -0.2) is 12.2 Å². The summed E-state index contributed by atoms with van der Waals surface area (Å²) < 4.78 is 12.5. The number of alkyl halides is 1. The standard InChI is InChI=1S/C6H12FN/c1-4-2-5(8)3-6(4)7/h4-6H,2-3,8H2,1H3/t4-,5?,6+/m1/s1. The van der Waals surface area contributed by atoms with Gasteiger partial charge >= 0.3 is 0 Å². The third kappa shape index (κ3) is 0.996. The van der Waals surface area contributed by atoms with E-state index in [-0.39, 0.29) is 12.0 Å². The Kier molecular flexibility index (Phi) is 1.52. The summed E-state index contributed by atoms with van der Waals surface area (Å²) in [6, 6.07) is 0.125. The zero-order valence-corrected chi connectivity index (χ0v) is 5.10. The van der Waals surface area contributed by atoms with Crippen molar-refractivity contribution in [1.82, 2.24) is 0 Å². The molecule has 2 heteroatoms. The molecule has 1 unspecified atom stereocenters. The molecular weight excluding hydrogens is 105 g/mol. The summed E-state index contributed by atoms with van der Waals surface area (Å²) in [4.78, 5) is 0. The molecule has 0 aromatic rings. The Morgan fingerprint density at radius 1 is 1.50 bits per heavy atom. The molecule has 48 valence electrons. The van der Waals surface area contributed by atoms with E-state index in [1.165, 1.54) is 0 Å². The zero-order valence-electron chi connectivity index (χ0n) is 5.10. The van der Waals surface area contributed by atoms with Crippen molar-refractivity contribution in [3.8, 4) is 0 Å². The number of halogens is 1. The van der Waals surface area contributed by atoms with Crippen LogP contribution in [0.3, 0.4) is 0 Å². The summed E-state index contributed by atoms with van der Waals surface area (Å²) in [5.41, 5.74) is 5.48. The smallest absolute Gasteiger partial charge is 0.104 e. The van der Waals surface area contributed by atoms with E-state index < -0.39 is 6.17 Å². The van der Waals surface area contributed by atoms with Crippen molar-refractivity contribution in [3.05, 3.63) is 0 Å². The molecule has 0 aromatic heterocycles. The van der Waals surface area contributed by atoms with Gasteiger partial charge in [-0.15, -0.1) is 0 Å². The van der Waals surface area contributed by atoms with Crippen LogP contribution in [0.25, 0.3) is 0 Å². The maximum absolute atomic E-state index is 12.5. The van der Waals surface area contributed by atoms with Gasteiger partial charge in [-0.25, -0.2) is 4.39 Å². The second-order valence-electron chi connectivity index (χ2n) is 2.72. The van der Waals surface area contributed by atoms with Crippen LogP contribution in [0.15, 0.2) is 0 Å². The minimum Gasteiger partial charge on any atom is -0.328 e. The van der Waals surface area contributed by atoms with Crippen molar-refractivity contribution in [1.29, 1.82) is 0 Å². The van der Waals surface area contributed by atoms with Crippen LogP contribution in [0.5, 0.6) is 0 Å². The third-order valence-electron chi connectivity index (χ3n) is 1.82. The first-order chi connectivity index (χ1) is 3.70. The highest BCUT2D eigenvalue weighted by atomic mass is 19.1. The summed E-state index contributed by atoms with van der Waals surface area (Å²) in [5, 5.41) is 0. The third-order valence-corrected chi connectivity index (χ3v) is 1.82. The van der Waals surface area contributed by atoms with Gasteiger partial charge in [0.05, 0.1) is 0 Å². The summed E-state index contributed by atoms with van der Waals surface area (Å²) in [5.74, 6) is 0.199. The normalized spacial score (nSPS) is 47.6. The molecule has 1 aliphatic rings. The maximum atomic E-state index is 12.5. The van der Waals surface area contributed by atoms with E-state index >= 15 is 0 Å². The molecule has 2 N–H and O–H groups in total. The van der Waals surface area contributed by atoms with E-state index in [1.54, 1.807) is 0 Å². The average Bonchev–Trinajstić information content (AvgIpc) is 1.85. The van der Waals surface area contributed by atoms with E-state index in [0.29, 0.717) is 6.42 Å². The van der Waals surface area contributed by atoms with Crippen molar-refractivity contribution in [2.75, 3.05) is 0 Å². The highest BCUT2D eigenvalue weighted by Gasteiger charge is 2.28. The fourth-order valence-electron chi connectivity index (χ4n) is 1.24. The van der Waals surface area contributed by atoms with Crippen LogP contribution in [-0.2, 0) is 0 Å². The lowest BCUT2D eigenvalue weighted by molar-refractivity contribution is 0.277. The predicted molar refractivity (Wildman–Crippen MR) is 31.3 cm³/mol. The Morgan fingerprint density at radius 2 is 2.12 bits per heavy atom. The average molecular weight is 117 g/mol. The van der Waals surface area contributed by atoms with Gasteiger partial charge in [0, 0.05) is 6.04 Å². The Hall–Kier alpha value is -0.110. The zero-order chi connectivity index (χ0) is 6.15. The van der Waals surface area contributed by atoms with Gasteiger partial charge < -0.3 is 5.73 Å². The lowest BCUT2D eigenvalue weighted by Gasteiger charge is -2.00. The van der Waals surface area contributed by atoms with Gasteiger partial charge in [-0.1, -0.05) is 6.92 Å². The topological polar surface area (TPSA) is 26.0 Å². The first-order valence-corrected chi connectivity index (χ1v) is 3.10. The Bertz CT molecular complexity index is 74.6. The molecule has 0 bridgehead atoms. The first-order valence-electron chi connectivity index (χ1n) is 3.10. The molecule has 8 heavy (non-hydrogen) atoms. The quantitative estimate of drug-likeness (QED) is 0.505. The van der Waals surface area contributed by atoms with Crippen molar-refractivity contribution in [2.45, 2.75) is 32.0 Å². The molecule has 0 aliphatic heterocycles. The Morgan fingerprint density at radius 3 is 2.25 bits per heavy atom. The highest BCUT2D eigenvalue weighted by Crippen LogP contribution is 2.26. The molecule has 1 fully saturated rings. The van der Waals surface area contributed by atoms with E-state index in [0.717, 1.165) is 6.42 Å². The van der Waals surface area contributed by atoms with Gasteiger partial charge in [0.1, 0.15) is 6.17 Å². The van der Waals surface area contributed by atoms with E-state index in [4.69, 9.17) is 5.73 Å². The molecule has 0 heterocycles. The molecular formula is C6H12FN. The summed E-state index contributed by atoms with van der Waals surface area (Å²) in [7, 11) is 0. The second-order valence-corrected chi connectivity index (χ2v) is 2.72. The van der Waals surface area contributed by atoms with Gasteiger partial charge in [0.15, 0.2) is 0 Å². The summed E-state index contributed by atoms with van der Waals surface area (Å²) in [6.45, 7) is 1.91. The summed E-state index contributed by atoms with van der Waals surface area (Å²) >= 11 is 0. The van der Waals surface area contributed by atoms with Gasteiger partial charge in [0.2, 0.25) is 0 Å². The van der Waals surface area contributed by atoms with Crippen LogP contribution in [0.4, 0.5) is 4.39 Å². The molecule has 1 rings (SSSR count). The van der Waals surface area contributed by atoms with Crippen LogP contribution < -0.4 is 5.73 Å². The van der Waals surface area contributed by atoms with Crippen LogP contribution in [0.2, 0.25) is 0 Å². The van der Waals surface area contributed by atoms with Crippen molar-refractivity contribution >= 4 is 0 Å². The molecule has 0 spiro atoms. The van der Waals surface area contributed by atoms with Gasteiger partial charge in [-0.3, -0.25) is 0 Å². The van der Waals surface area contributed by atoms with Crippen LogP contribution in [0.1, 0.15) is 19.8 Å². The minimum absolute atomic E-state index is 0.125. The fourth-order valence-corrected chi connectivity index (χ4v) is 1.24. The fraction of sp³-hybridized carbons (Fsp3) is 1.00. The van der Waals surface area contributed by atoms with Gasteiger partial charge in [0.25, 0.3) is 0 Å². The number of hydrogen-bond donors (Lipinski definition) is 1. The SMILES string of the molecule is C[C@@H]1CC(N)C[C@@H]1F. The monoisotopic (exact) mass is 117 g/mol. The van der Waals surface area contributed by atoms with Crippen molar-refractivity contribution < 1.29 is 4.39 Å². The van der Waals surface area contributed by atoms with E-state index in [9.17, 15) is 4.39 Å². The molecule has 0 radical (unpaired) electrons. The Balaban J connectivity index is 2.39. The lowest BCUT2D eigenvalue weighted by Crippen LogP contribution is -2.14. The molecule has 3 atom stereocenters. The molecule has 0 saturated heterocycles. The van der Waals surface area contributed by atoms with Gasteiger partial charge in [-0.05, 0) is 18.8 Å². The molecule has 0 aromatic carbocycles. The van der Waals surface area contributed by atoms with E-state index in [2.05, 4.69) is 0 Å².